The van der Waals surface area contributed by atoms with Crippen LogP contribution in [0.1, 0.15) is 4.88 Å². The highest BCUT2D eigenvalue weighted by Gasteiger charge is 2.10. The summed E-state index contributed by atoms with van der Waals surface area (Å²) in [6.45, 7) is 0.856. The lowest BCUT2D eigenvalue weighted by molar-refractivity contribution is 0.919. The van der Waals surface area contributed by atoms with Crippen molar-refractivity contribution in [3.63, 3.8) is 0 Å². The van der Waals surface area contributed by atoms with E-state index in [1.54, 1.807) is 27.2 Å². The normalized spacial score (nSPS) is 11.1. The summed E-state index contributed by atoms with van der Waals surface area (Å²) in [6.07, 6.45) is 0.997. The van der Waals surface area contributed by atoms with E-state index in [0.717, 1.165) is 35.8 Å². The van der Waals surface area contributed by atoms with Crippen LogP contribution < -0.4 is 5.32 Å². The molecule has 0 aliphatic carbocycles. The Bertz CT molecular complexity index is 865. The van der Waals surface area contributed by atoms with E-state index in [1.807, 2.05) is 23.6 Å². The molecule has 4 rings (SSSR count). The maximum atomic E-state index is 4.60. The van der Waals surface area contributed by atoms with Crippen LogP contribution in [-0.2, 0) is 6.42 Å². The van der Waals surface area contributed by atoms with E-state index in [2.05, 4.69) is 43.5 Å². The van der Waals surface area contributed by atoms with Crippen LogP contribution in [0.3, 0.4) is 0 Å². The maximum absolute atomic E-state index is 4.60. The van der Waals surface area contributed by atoms with Gasteiger partial charge in [0.25, 0.3) is 0 Å². The van der Waals surface area contributed by atoms with Gasteiger partial charge in [0.1, 0.15) is 5.82 Å². The minimum Gasteiger partial charge on any atom is -0.368 e. The van der Waals surface area contributed by atoms with Gasteiger partial charge < -0.3 is 5.32 Å². The van der Waals surface area contributed by atoms with Gasteiger partial charge in [-0.2, -0.15) is 15.9 Å². The topological polar surface area (TPSA) is 55.1 Å². The van der Waals surface area contributed by atoms with E-state index in [-0.39, 0.29) is 0 Å². The zero-order valence-electron chi connectivity index (χ0n) is 11.6. The fraction of sp³-hybridized carbons (Fsp3) is 0.133. The molecule has 0 bridgehead atoms. The van der Waals surface area contributed by atoms with Crippen LogP contribution in [0.4, 0.5) is 5.82 Å². The monoisotopic (exact) mass is 327 g/mol. The molecule has 22 heavy (non-hydrogen) atoms. The molecule has 0 fully saturated rings. The van der Waals surface area contributed by atoms with Crippen LogP contribution in [0.2, 0.25) is 0 Å². The Morgan fingerprint density at radius 3 is 2.91 bits per heavy atom. The third-order valence-corrected chi connectivity index (χ3v) is 4.92. The summed E-state index contributed by atoms with van der Waals surface area (Å²) in [6, 6.07) is 10.1. The number of fused-ring (bicyclic) bond motifs is 1. The largest absolute Gasteiger partial charge is 0.368 e. The molecule has 0 aliphatic heterocycles. The minimum absolute atomic E-state index is 0.755. The number of nitrogens with zero attached hydrogens (tertiary/aromatic N) is 4. The highest BCUT2D eigenvalue weighted by Crippen LogP contribution is 2.20. The van der Waals surface area contributed by atoms with Crippen molar-refractivity contribution in [2.75, 3.05) is 11.9 Å². The number of nitrogens with one attached hydrogen (secondary N) is 1. The lowest BCUT2D eigenvalue weighted by Crippen LogP contribution is -2.07. The Hall–Kier alpha value is -2.25. The van der Waals surface area contributed by atoms with E-state index in [1.165, 1.54) is 4.88 Å². The molecule has 1 N–H and O–H groups in total. The van der Waals surface area contributed by atoms with Crippen molar-refractivity contribution in [2.24, 2.45) is 0 Å². The number of aromatic nitrogens is 4. The van der Waals surface area contributed by atoms with Crippen molar-refractivity contribution in [1.82, 2.24) is 19.8 Å². The molecular weight excluding hydrogens is 314 g/mol. The second-order valence-electron chi connectivity index (χ2n) is 4.78. The molecule has 0 radical (unpaired) electrons. The molecule has 0 saturated carbocycles. The maximum Gasteiger partial charge on any atom is 0.186 e. The average molecular weight is 327 g/mol. The van der Waals surface area contributed by atoms with Crippen LogP contribution in [-0.4, -0.2) is 26.4 Å². The third-order valence-electron chi connectivity index (χ3n) is 3.30. The molecule has 0 unspecified atom stereocenters. The molecule has 0 amide bonds. The van der Waals surface area contributed by atoms with Crippen molar-refractivity contribution in [1.29, 1.82) is 0 Å². The van der Waals surface area contributed by atoms with Gasteiger partial charge in [0.2, 0.25) is 0 Å². The number of hydrogen-bond donors (Lipinski definition) is 1. The lowest BCUT2D eigenvalue weighted by Gasteiger charge is -2.05. The molecule has 0 spiro atoms. The Labute approximate surface area is 135 Å². The minimum atomic E-state index is 0.755. The molecule has 4 heterocycles. The van der Waals surface area contributed by atoms with Gasteiger partial charge in [-0.1, -0.05) is 6.07 Å². The average Bonchev–Trinajstić information content (AvgIpc) is 3.28. The summed E-state index contributed by atoms with van der Waals surface area (Å²) in [4.78, 5) is 1.37. The quantitative estimate of drug-likeness (QED) is 0.609. The first-order chi connectivity index (χ1) is 10.9. The molecular formula is C15H13N5S2. The fourth-order valence-electron chi connectivity index (χ4n) is 2.22. The van der Waals surface area contributed by atoms with Gasteiger partial charge in [-0.25, -0.2) is 0 Å². The highest BCUT2D eigenvalue weighted by molar-refractivity contribution is 7.09. The molecule has 110 valence electrons. The van der Waals surface area contributed by atoms with Crippen LogP contribution in [0.5, 0.6) is 0 Å². The second kappa shape index (κ2) is 5.86. The van der Waals surface area contributed by atoms with E-state index in [9.17, 15) is 0 Å². The molecule has 5 nitrogen and oxygen atoms in total. The van der Waals surface area contributed by atoms with E-state index in [0.29, 0.717) is 0 Å². The van der Waals surface area contributed by atoms with E-state index in [4.69, 9.17) is 0 Å². The molecule has 0 aliphatic rings. The Balaban J connectivity index is 1.56. The first kappa shape index (κ1) is 13.4. The Morgan fingerprint density at radius 2 is 2.09 bits per heavy atom. The predicted molar refractivity (Wildman–Crippen MR) is 90.6 cm³/mol. The number of anilines is 1. The molecule has 4 aromatic rings. The SMILES string of the molecule is c1csc(CCNc2ccc3nnc(-c4ccsc4)n3n2)c1. The summed E-state index contributed by atoms with van der Waals surface area (Å²) in [7, 11) is 0. The summed E-state index contributed by atoms with van der Waals surface area (Å²) in [5, 5.41) is 22.5. The summed E-state index contributed by atoms with van der Waals surface area (Å²) >= 11 is 3.42. The second-order valence-corrected chi connectivity index (χ2v) is 6.59. The van der Waals surface area contributed by atoms with Gasteiger partial charge in [0.15, 0.2) is 11.5 Å². The fourth-order valence-corrected chi connectivity index (χ4v) is 3.57. The summed E-state index contributed by atoms with van der Waals surface area (Å²) < 4.78 is 1.79. The van der Waals surface area contributed by atoms with Gasteiger partial charge in [-0.3, -0.25) is 0 Å². The smallest absolute Gasteiger partial charge is 0.186 e. The lowest BCUT2D eigenvalue weighted by atomic mass is 10.3. The van der Waals surface area contributed by atoms with Crippen LogP contribution in [0, 0.1) is 0 Å². The summed E-state index contributed by atoms with van der Waals surface area (Å²) in [5.74, 6) is 1.61. The third kappa shape index (κ3) is 2.60. The first-order valence-electron chi connectivity index (χ1n) is 6.91. The van der Waals surface area contributed by atoms with Crippen molar-refractivity contribution in [3.8, 4) is 11.4 Å². The van der Waals surface area contributed by atoms with Gasteiger partial charge in [0, 0.05) is 22.4 Å². The summed E-state index contributed by atoms with van der Waals surface area (Å²) in [5.41, 5.74) is 1.80. The van der Waals surface area contributed by atoms with Crippen LogP contribution in [0.15, 0.2) is 46.5 Å². The highest BCUT2D eigenvalue weighted by atomic mass is 32.1. The number of hydrogen-bond acceptors (Lipinski definition) is 6. The van der Waals surface area contributed by atoms with Gasteiger partial charge in [-0.05, 0) is 41.4 Å². The van der Waals surface area contributed by atoms with Crippen molar-refractivity contribution < 1.29 is 0 Å². The van der Waals surface area contributed by atoms with Crippen LogP contribution in [0.25, 0.3) is 17.0 Å². The standard InChI is InChI=1S/C15H13N5S2/c1-2-12(22-8-1)5-7-16-13-3-4-14-17-18-15(20(14)19-13)11-6-9-21-10-11/h1-4,6,8-10H,5,7H2,(H,16,19). The van der Waals surface area contributed by atoms with Crippen molar-refractivity contribution in [2.45, 2.75) is 6.42 Å². The number of rotatable bonds is 5. The van der Waals surface area contributed by atoms with Crippen molar-refractivity contribution in [3.05, 3.63) is 51.3 Å². The Morgan fingerprint density at radius 1 is 1.09 bits per heavy atom. The van der Waals surface area contributed by atoms with E-state index < -0.39 is 0 Å². The van der Waals surface area contributed by atoms with E-state index >= 15 is 0 Å². The number of thiophene rings is 2. The molecule has 0 saturated heterocycles. The molecule has 0 atom stereocenters. The Kier molecular flexibility index (Phi) is 3.57. The molecule has 0 aromatic carbocycles. The van der Waals surface area contributed by atoms with Gasteiger partial charge in [0.05, 0.1) is 0 Å². The first-order valence-corrected chi connectivity index (χ1v) is 8.74. The van der Waals surface area contributed by atoms with Gasteiger partial charge in [-0.15, -0.1) is 26.6 Å². The zero-order valence-corrected chi connectivity index (χ0v) is 13.3. The van der Waals surface area contributed by atoms with Crippen molar-refractivity contribution >= 4 is 34.1 Å². The molecule has 7 heteroatoms. The molecule has 4 aromatic heterocycles. The zero-order chi connectivity index (χ0) is 14.8. The van der Waals surface area contributed by atoms with Crippen LogP contribution >= 0.6 is 22.7 Å². The van der Waals surface area contributed by atoms with Gasteiger partial charge >= 0.3 is 0 Å². The predicted octanol–water partition coefficient (Wildman–Crippen LogP) is 3.57.